The third kappa shape index (κ3) is 7.30. The van der Waals surface area contributed by atoms with Gasteiger partial charge in [-0.2, -0.15) is 0 Å². The summed E-state index contributed by atoms with van der Waals surface area (Å²) >= 11 is -2.65. The van der Waals surface area contributed by atoms with Crippen molar-refractivity contribution in [2.45, 2.75) is 71.2 Å². The molecule has 102 valence electrons. The second-order valence-electron chi connectivity index (χ2n) is 9.07. The molecule has 2 atom stereocenters. The zero-order valence-corrected chi connectivity index (χ0v) is 17.5. The van der Waals surface area contributed by atoms with E-state index in [2.05, 4.69) is 41.5 Å². The molecule has 0 radical (unpaired) electrons. The van der Waals surface area contributed by atoms with Crippen LogP contribution in [0.2, 0.25) is 45.0 Å². The standard InChI is InChI=1S/C15H34Ge2/c1-13-8-14(11-16(2,3)4)10-15(9-13)12-17(5,6)7/h13-15H,8-12H2,1-7H3. The summed E-state index contributed by atoms with van der Waals surface area (Å²) in [5.41, 5.74) is 0. The first-order valence-electron chi connectivity index (χ1n) is 7.55. The first-order chi connectivity index (χ1) is 7.55. The topological polar surface area (TPSA) is 0 Å². The molecule has 17 heavy (non-hydrogen) atoms. The van der Waals surface area contributed by atoms with Gasteiger partial charge in [-0.25, -0.2) is 0 Å². The van der Waals surface area contributed by atoms with E-state index in [4.69, 9.17) is 0 Å². The van der Waals surface area contributed by atoms with Crippen LogP contribution in [-0.4, -0.2) is 26.5 Å². The molecule has 0 bridgehead atoms. The van der Waals surface area contributed by atoms with Crippen molar-refractivity contribution in [3.8, 4) is 0 Å². The molecule has 0 aromatic heterocycles. The van der Waals surface area contributed by atoms with E-state index in [-0.39, 0.29) is 0 Å². The van der Waals surface area contributed by atoms with E-state index in [1.165, 1.54) is 12.8 Å². The maximum absolute atomic E-state index is 2.59. The predicted molar refractivity (Wildman–Crippen MR) is 86.3 cm³/mol. The van der Waals surface area contributed by atoms with Crippen LogP contribution in [0.5, 0.6) is 0 Å². The van der Waals surface area contributed by atoms with E-state index in [0.717, 1.165) is 17.8 Å². The molecular weight excluding hydrogens is 325 g/mol. The Morgan fingerprint density at radius 1 is 0.706 bits per heavy atom. The Morgan fingerprint density at radius 3 is 1.35 bits per heavy atom. The van der Waals surface area contributed by atoms with Crippen molar-refractivity contribution in [2.75, 3.05) is 0 Å². The third-order valence-corrected chi connectivity index (χ3v) is 11.5. The summed E-state index contributed by atoms with van der Waals surface area (Å²) in [6, 6.07) is 0. The van der Waals surface area contributed by atoms with Gasteiger partial charge in [0.15, 0.2) is 0 Å². The van der Waals surface area contributed by atoms with Crippen molar-refractivity contribution in [2.24, 2.45) is 17.8 Å². The summed E-state index contributed by atoms with van der Waals surface area (Å²) in [4.78, 5) is 0. The van der Waals surface area contributed by atoms with Crippen molar-refractivity contribution >= 4 is 26.5 Å². The minimum atomic E-state index is -1.33. The van der Waals surface area contributed by atoms with Gasteiger partial charge >= 0.3 is 116 Å². The van der Waals surface area contributed by atoms with Crippen LogP contribution in [0.25, 0.3) is 0 Å². The van der Waals surface area contributed by atoms with Gasteiger partial charge in [0, 0.05) is 0 Å². The van der Waals surface area contributed by atoms with E-state index < -0.39 is 26.5 Å². The molecule has 2 heteroatoms. The second kappa shape index (κ2) is 6.03. The van der Waals surface area contributed by atoms with Gasteiger partial charge in [0.2, 0.25) is 0 Å². The summed E-state index contributed by atoms with van der Waals surface area (Å²) < 4.78 is 0. The molecule has 0 aromatic carbocycles. The first kappa shape index (κ1) is 16.1. The molecule has 0 amide bonds. The molecule has 1 saturated carbocycles. The molecule has 0 N–H and O–H groups in total. The zero-order valence-electron chi connectivity index (χ0n) is 13.3. The quantitative estimate of drug-likeness (QED) is 0.564. The molecule has 0 nitrogen and oxygen atoms in total. The Balaban J connectivity index is 2.53. The Labute approximate surface area is 115 Å². The fourth-order valence-electron chi connectivity index (χ4n) is 3.96. The van der Waals surface area contributed by atoms with Gasteiger partial charge in [-0.3, -0.25) is 0 Å². The summed E-state index contributed by atoms with van der Waals surface area (Å²) in [5.74, 6) is 18.7. The molecular formula is C15H34Ge2. The van der Waals surface area contributed by atoms with Crippen LogP contribution in [0.1, 0.15) is 26.2 Å². The third-order valence-electron chi connectivity index (χ3n) is 3.94. The summed E-state index contributed by atoms with van der Waals surface area (Å²) in [6.45, 7) is 2.50. The van der Waals surface area contributed by atoms with Crippen LogP contribution < -0.4 is 0 Å². The molecule has 2 unspecified atom stereocenters. The number of hydrogen-bond acceptors (Lipinski definition) is 0. The molecule has 0 saturated heterocycles. The molecule has 0 heterocycles. The fourth-order valence-corrected chi connectivity index (χ4v) is 12.6. The van der Waals surface area contributed by atoms with Crippen LogP contribution in [0.15, 0.2) is 0 Å². The summed E-state index contributed by atoms with van der Waals surface area (Å²) in [5, 5.41) is 3.25. The van der Waals surface area contributed by atoms with Gasteiger partial charge in [0.05, 0.1) is 0 Å². The van der Waals surface area contributed by atoms with Crippen LogP contribution >= 0.6 is 0 Å². The van der Waals surface area contributed by atoms with Gasteiger partial charge in [0.1, 0.15) is 0 Å². The number of rotatable bonds is 4. The van der Waals surface area contributed by atoms with Crippen LogP contribution in [0, 0.1) is 17.8 Å². The average molecular weight is 360 g/mol. The Kier molecular flexibility index (Phi) is 5.72. The van der Waals surface area contributed by atoms with E-state index in [9.17, 15) is 0 Å². The fraction of sp³-hybridized carbons (Fsp3) is 1.00. The minimum absolute atomic E-state index is 1.01. The molecule has 0 aliphatic heterocycles. The van der Waals surface area contributed by atoms with Gasteiger partial charge < -0.3 is 0 Å². The zero-order chi connectivity index (χ0) is 13.3. The van der Waals surface area contributed by atoms with Crippen LogP contribution in [0.3, 0.4) is 0 Å². The van der Waals surface area contributed by atoms with Crippen LogP contribution in [0.4, 0.5) is 0 Å². The summed E-state index contributed by atoms with van der Waals surface area (Å²) in [7, 11) is 0. The predicted octanol–water partition coefficient (Wildman–Crippen LogP) is 5.72. The number of hydrogen-bond donors (Lipinski definition) is 0. The van der Waals surface area contributed by atoms with Gasteiger partial charge in [-0.15, -0.1) is 0 Å². The molecule has 1 aliphatic rings. The molecule has 0 spiro atoms. The van der Waals surface area contributed by atoms with E-state index in [1.807, 2.05) is 0 Å². The van der Waals surface area contributed by atoms with Crippen molar-refractivity contribution in [1.82, 2.24) is 0 Å². The Bertz CT molecular complexity index is 210. The van der Waals surface area contributed by atoms with E-state index in [0.29, 0.717) is 0 Å². The van der Waals surface area contributed by atoms with Gasteiger partial charge in [-0.1, -0.05) is 0 Å². The van der Waals surface area contributed by atoms with Crippen molar-refractivity contribution < 1.29 is 0 Å². The normalized spacial score (nSPS) is 31.6. The van der Waals surface area contributed by atoms with E-state index in [1.54, 1.807) is 16.9 Å². The molecule has 0 aromatic rings. The SMILES string of the molecule is CC1CC([CH2][Ge]([CH3])([CH3])[CH3])CC([CH2][Ge]([CH3])([CH3])[CH3])C1. The van der Waals surface area contributed by atoms with Crippen molar-refractivity contribution in [3.63, 3.8) is 0 Å². The Hall–Kier alpha value is 1.09. The van der Waals surface area contributed by atoms with Crippen LogP contribution in [-0.2, 0) is 0 Å². The van der Waals surface area contributed by atoms with Gasteiger partial charge in [0.25, 0.3) is 0 Å². The molecule has 1 aliphatic carbocycles. The monoisotopic (exact) mass is 362 g/mol. The summed E-state index contributed by atoms with van der Waals surface area (Å²) in [6.07, 6.45) is 4.65. The molecule has 1 fully saturated rings. The average Bonchev–Trinajstić information content (AvgIpc) is 1.93. The van der Waals surface area contributed by atoms with E-state index >= 15 is 0 Å². The van der Waals surface area contributed by atoms with Crippen molar-refractivity contribution in [3.05, 3.63) is 0 Å². The first-order valence-corrected chi connectivity index (χ1v) is 23.1. The maximum atomic E-state index is 2.59. The van der Waals surface area contributed by atoms with Crippen molar-refractivity contribution in [1.29, 1.82) is 0 Å². The van der Waals surface area contributed by atoms with Gasteiger partial charge in [-0.05, 0) is 0 Å². The second-order valence-corrected chi connectivity index (χ2v) is 32.3. The molecule has 1 rings (SSSR count). The Morgan fingerprint density at radius 2 is 1.06 bits per heavy atom.